The van der Waals surface area contributed by atoms with Gasteiger partial charge in [-0.2, -0.15) is 0 Å². The van der Waals surface area contributed by atoms with Crippen LogP contribution in [0.25, 0.3) is 0 Å². The van der Waals surface area contributed by atoms with Crippen molar-refractivity contribution in [3.05, 3.63) is 47.4 Å². The third-order valence-electron chi connectivity index (χ3n) is 5.11. The first-order valence-corrected chi connectivity index (χ1v) is 10.8. The molecule has 2 aromatic rings. The second-order valence-corrected chi connectivity index (χ2v) is 9.34. The molecule has 3 rings (SSSR count). The fourth-order valence-corrected chi connectivity index (χ4v) is 4.90. The number of thioether (sulfide) groups is 1. The van der Waals surface area contributed by atoms with Crippen LogP contribution in [0.1, 0.15) is 36.3 Å². The third kappa shape index (κ3) is 5.09. The molecule has 1 aromatic carbocycles. The van der Waals surface area contributed by atoms with Crippen LogP contribution < -0.4 is 21.1 Å². The first kappa shape index (κ1) is 24.9. The lowest BCUT2D eigenvalue weighted by molar-refractivity contribution is -0.123. The molecule has 178 valence electrons. The van der Waals surface area contributed by atoms with Crippen molar-refractivity contribution < 1.29 is 23.1 Å². The number of hydrogen-bond acceptors (Lipinski definition) is 8. The highest BCUT2D eigenvalue weighted by atomic mass is 32.2. The quantitative estimate of drug-likeness (QED) is 0.531. The van der Waals surface area contributed by atoms with Crippen LogP contribution in [0, 0.1) is 24.0 Å². The summed E-state index contributed by atoms with van der Waals surface area (Å²) >= 11 is 1.04. The number of carbonyl (C=O) groups excluding carboxylic acids is 2. The summed E-state index contributed by atoms with van der Waals surface area (Å²) < 4.78 is 33.5. The summed E-state index contributed by atoms with van der Waals surface area (Å²) in [6.07, 6.45) is 7.50. The summed E-state index contributed by atoms with van der Waals surface area (Å²) in [5.41, 5.74) is 4.29. The van der Waals surface area contributed by atoms with Crippen LogP contribution in [-0.2, 0) is 10.3 Å². The lowest BCUT2D eigenvalue weighted by Gasteiger charge is -2.40. The standard InChI is InChI=1S/C22H22F2N6O3S/c1-5-6-33-16-10-27-15(9-28-16)18(31)29-12-7-13(17(24)14(23)8-12)21(2)11-22(3,19(32)26-4)34-20(25)30-21/h1,7-10H,6,11H2,2-4H3,(H2,25,30)(H,26,32)(H,29,31)/t21-,22+/m0/s1. The van der Waals surface area contributed by atoms with Crippen LogP contribution in [0.15, 0.2) is 29.5 Å². The molecule has 0 fully saturated rings. The van der Waals surface area contributed by atoms with Crippen LogP contribution in [0.2, 0.25) is 0 Å². The molecule has 9 nitrogen and oxygen atoms in total. The molecule has 0 aliphatic carbocycles. The van der Waals surface area contributed by atoms with Crippen LogP contribution in [0.3, 0.4) is 0 Å². The Labute approximate surface area is 199 Å². The van der Waals surface area contributed by atoms with Gasteiger partial charge in [-0.3, -0.25) is 14.6 Å². The molecule has 0 saturated carbocycles. The van der Waals surface area contributed by atoms with Gasteiger partial charge in [0.2, 0.25) is 11.8 Å². The summed E-state index contributed by atoms with van der Waals surface area (Å²) in [5, 5.41) is 5.07. The van der Waals surface area contributed by atoms with Crippen molar-refractivity contribution in [2.45, 2.75) is 30.6 Å². The van der Waals surface area contributed by atoms with Crippen molar-refractivity contribution in [3.63, 3.8) is 0 Å². The van der Waals surface area contributed by atoms with Crippen molar-refractivity contribution in [2.75, 3.05) is 19.0 Å². The molecule has 1 aliphatic rings. The summed E-state index contributed by atoms with van der Waals surface area (Å²) in [5.74, 6) is -1.00. The Balaban J connectivity index is 1.92. The molecule has 4 N–H and O–H groups in total. The van der Waals surface area contributed by atoms with Crippen LogP contribution in [0.4, 0.5) is 14.5 Å². The second-order valence-electron chi connectivity index (χ2n) is 7.82. The number of nitrogens with two attached hydrogens (primary N) is 1. The second kappa shape index (κ2) is 9.64. The van der Waals surface area contributed by atoms with Crippen LogP contribution >= 0.6 is 11.8 Å². The summed E-state index contributed by atoms with van der Waals surface area (Å²) in [4.78, 5) is 37.2. The van der Waals surface area contributed by atoms with E-state index in [9.17, 15) is 18.4 Å². The number of benzene rings is 1. The number of hydrogen-bond donors (Lipinski definition) is 3. The zero-order chi connectivity index (χ0) is 25.1. The van der Waals surface area contributed by atoms with Gasteiger partial charge in [-0.1, -0.05) is 17.7 Å². The fraction of sp³-hybridized carbons (Fsp3) is 0.318. The van der Waals surface area contributed by atoms with Gasteiger partial charge in [0.1, 0.15) is 10.4 Å². The number of amides is 2. The van der Waals surface area contributed by atoms with Crippen molar-refractivity contribution in [3.8, 4) is 18.2 Å². The molecule has 0 bridgehead atoms. The molecule has 2 heterocycles. The zero-order valence-corrected chi connectivity index (χ0v) is 19.4. The maximum Gasteiger partial charge on any atom is 0.275 e. The highest BCUT2D eigenvalue weighted by Gasteiger charge is 2.47. The average Bonchev–Trinajstić information content (AvgIpc) is 2.78. The van der Waals surface area contributed by atoms with E-state index in [-0.39, 0.29) is 46.9 Å². The van der Waals surface area contributed by atoms with E-state index in [0.29, 0.717) is 0 Å². The number of ether oxygens (including phenoxy) is 1. The minimum Gasteiger partial charge on any atom is -0.463 e. The summed E-state index contributed by atoms with van der Waals surface area (Å²) in [6.45, 7) is 3.18. The zero-order valence-electron chi connectivity index (χ0n) is 18.6. The fourth-order valence-electron chi connectivity index (χ4n) is 3.65. The van der Waals surface area contributed by atoms with Gasteiger partial charge in [-0.05, 0) is 19.9 Å². The maximum absolute atomic E-state index is 14.9. The molecule has 0 radical (unpaired) electrons. The predicted octanol–water partition coefficient (Wildman–Crippen LogP) is 2.19. The molecule has 12 heteroatoms. The molecule has 2 atom stereocenters. The van der Waals surface area contributed by atoms with E-state index in [2.05, 4.69) is 31.5 Å². The lowest BCUT2D eigenvalue weighted by Crippen LogP contribution is -2.49. The normalized spacial score (nSPS) is 21.7. The number of nitrogens with zero attached hydrogens (tertiary/aromatic N) is 3. The molecule has 1 aromatic heterocycles. The highest BCUT2D eigenvalue weighted by Crippen LogP contribution is 2.46. The number of amidine groups is 1. The SMILES string of the molecule is C#CCOc1cnc(C(=O)Nc2cc(F)c(F)c([C@]3(C)C[C@](C)(C(=O)NC)SC(N)=N3)c2)cn1. The average molecular weight is 489 g/mol. The molecule has 0 unspecified atom stereocenters. The monoisotopic (exact) mass is 488 g/mol. The number of nitrogens with one attached hydrogen (secondary N) is 2. The molecule has 0 spiro atoms. The number of aliphatic imine (C=N–C) groups is 1. The predicted molar refractivity (Wildman–Crippen MR) is 124 cm³/mol. The van der Waals surface area contributed by atoms with E-state index in [1.54, 1.807) is 13.8 Å². The van der Waals surface area contributed by atoms with E-state index in [4.69, 9.17) is 16.9 Å². The Kier molecular flexibility index (Phi) is 7.07. The van der Waals surface area contributed by atoms with Crippen LogP contribution in [0.5, 0.6) is 5.88 Å². The molecular weight excluding hydrogens is 466 g/mol. The summed E-state index contributed by atoms with van der Waals surface area (Å²) in [6, 6.07) is 2.09. The first-order valence-electron chi connectivity index (χ1n) is 9.97. The Bertz CT molecular complexity index is 1200. The van der Waals surface area contributed by atoms with E-state index >= 15 is 0 Å². The molecule has 34 heavy (non-hydrogen) atoms. The van der Waals surface area contributed by atoms with Gasteiger partial charge in [-0.25, -0.2) is 18.7 Å². The molecule has 2 amide bonds. The third-order valence-corrected chi connectivity index (χ3v) is 6.19. The lowest BCUT2D eigenvalue weighted by atomic mass is 9.82. The van der Waals surface area contributed by atoms with Crippen molar-refractivity contribution >= 4 is 34.4 Å². The Morgan fingerprint density at radius 3 is 2.65 bits per heavy atom. The molecular formula is C22H22F2N6O3S. The van der Waals surface area contributed by atoms with E-state index in [0.717, 1.165) is 24.0 Å². The number of carbonyl (C=O) groups is 2. The number of rotatable bonds is 6. The Morgan fingerprint density at radius 1 is 1.29 bits per heavy atom. The van der Waals surface area contributed by atoms with Crippen LogP contribution in [-0.4, -0.2) is 45.4 Å². The van der Waals surface area contributed by atoms with Gasteiger partial charge in [0.25, 0.3) is 5.91 Å². The van der Waals surface area contributed by atoms with Gasteiger partial charge in [-0.15, -0.1) is 6.42 Å². The largest absolute Gasteiger partial charge is 0.463 e. The number of terminal acetylenes is 1. The van der Waals surface area contributed by atoms with Gasteiger partial charge >= 0.3 is 0 Å². The maximum atomic E-state index is 14.9. The Hall–Kier alpha value is -3.72. The topological polar surface area (TPSA) is 132 Å². The van der Waals surface area contributed by atoms with Crippen molar-refractivity contribution in [1.82, 2.24) is 15.3 Å². The van der Waals surface area contributed by atoms with E-state index in [1.165, 1.54) is 19.3 Å². The number of aromatic nitrogens is 2. The van der Waals surface area contributed by atoms with Crippen molar-refractivity contribution in [1.29, 1.82) is 0 Å². The van der Waals surface area contributed by atoms with Gasteiger partial charge in [0.05, 0.1) is 17.9 Å². The Morgan fingerprint density at radius 2 is 2.03 bits per heavy atom. The first-order chi connectivity index (χ1) is 16.0. The van der Waals surface area contributed by atoms with Gasteiger partial charge in [0, 0.05) is 30.8 Å². The van der Waals surface area contributed by atoms with E-state index < -0.39 is 27.8 Å². The van der Waals surface area contributed by atoms with Crippen molar-refractivity contribution in [2.24, 2.45) is 10.7 Å². The highest BCUT2D eigenvalue weighted by molar-refractivity contribution is 8.15. The molecule has 1 aliphatic heterocycles. The van der Waals surface area contributed by atoms with Gasteiger partial charge < -0.3 is 21.1 Å². The summed E-state index contributed by atoms with van der Waals surface area (Å²) in [7, 11) is 1.47. The minimum absolute atomic E-state index is 0.0128. The smallest absolute Gasteiger partial charge is 0.275 e. The molecule has 0 saturated heterocycles. The number of anilines is 1. The van der Waals surface area contributed by atoms with E-state index in [1.807, 2.05) is 0 Å². The minimum atomic E-state index is -1.38. The number of halogens is 2. The van der Waals surface area contributed by atoms with Gasteiger partial charge in [0.15, 0.2) is 23.4 Å².